The minimum Gasteiger partial charge on any atom is -0.444 e. The predicted molar refractivity (Wildman–Crippen MR) is 69.5 cm³/mol. The Morgan fingerprint density at radius 2 is 2.06 bits per heavy atom. The third kappa shape index (κ3) is 5.49. The van der Waals surface area contributed by atoms with E-state index in [1.807, 2.05) is 7.05 Å². The van der Waals surface area contributed by atoms with Crippen LogP contribution in [0.3, 0.4) is 0 Å². The Labute approximate surface area is 109 Å². The van der Waals surface area contributed by atoms with E-state index in [4.69, 9.17) is 4.74 Å². The van der Waals surface area contributed by atoms with Gasteiger partial charge < -0.3 is 15.0 Å². The summed E-state index contributed by atoms with van der Waals surface area (Å²) in [4.78, 5) is 25.5. The van der Waals surface area contributed by atoms with Gasteiger partial charge in [0.05, 0.1) is 6.54 Å². The van der Waals surface area contributed by atoms with E-state index in [0.29, 0.717) is 0 Å². The van der Waals surface area contributed by atoms with Gasteiger partial charge in [-0.15, -0.1) is 0 Å². The summed E-state index contributed by atoms with van der Waals surface area (Å²) in [5, 5.41) is 2.52. The zero-order chi connectivity index (χ0) is 13.8. The Hall–Kier alpha value is -1.10. The molecule has 0 spiro atoms. The molecule has 1 amide bonds. The first-order valence-corrected chi connectivity index (χ1v) is 6.46. The Morgan fingerprint density at radius 1 is 1.39 bits per heavy atom. The number of nitrogens with one attached hydrogen (secondary N) is 1. The van der Waals surface area contributed by atoms with Crippen molar-refractivity contribution in [1.29, 1.82) is 0 Å². The normalized spacial score (nSPS) is 21.4. The van der Waals surface area contributed by atoms with Crippen LogP contribution >= 0.6 is 0 Å². The van der Waals surface area contributed by atoms with Crippen molar-refractivity contribution >= 4 is 11.9 Å². The number of piperidine rings is 1. The zero-order valence-electron chi connectivity index (χ0n) is 11.8. The molecule has 1 fully saturated rings. The molecule has 0 aliphatic carbocycles. The van der Waals surface area contributed by atoms with Crippen LogP contribution in [0.15, 0.2) is 0 Å². The Kier molecular flexibility index (Phi) is 5.14. The van der Waals surface area contributed by atoms with Crippen molar-refractivity contribution in [1.82, 2.24) is 10.2 Å². The molecule has 0 aromatic rings. The summed E-state index contributed by atoms with van der Waals surface area (Å²) in [5.74, 6) is 0.131. The molecule has 1 unspecified atom stereocenters. The zero-order valence-corrected chi connectivity index (χ0v) is 11.8. The molecule has 0 aromatic carbocycles. The summed E-state index contributed by atoms with van der Waals surface area (Å²) >= 11 is 0. The van der Waals surface area contributed by atoms with Crippen LogP contribution in [0, 0.1) is 5.92 Å². The lowest BCUT2D eigenvalue weighted by Crippen LogP contribution is -2.41. The van der Waals surface area contributed by atoms with Crippen molar-refractivity contribution in [2.75, 3.05) is 26.7 Å². The minimum absolute atomic E-state index is 0.0405. The standard InChI is InChI=1S/C13H24N2O3/c1-13(2,3)18-12(17)14-8-11(16)10-6-5-7-15(4)9-10/h10H,5-9H2,1-4H3,(H,14,17). The largest absolute Gasteiger partial charge is 0.444 e. The van der Waals surface area contributed by atoms with Crippen LogP contribution in [0.4, 0.5) is 4.79 Å². The second kappa shape index (κ2) is 6.18. The van der Waals surface area contributed by atoms with E-state index in [0.717, 1.165) is 25.9 Å². The monoisotopic (exact) mass is 256 g/mol. The van der Waals surface area contributed by atoms with Gasteiger partial charge in [0.1, 0.15) is 5.60 Å². The Morgan fingerprint density at radius 3 is 2.61 bits per heavy atom. The molecule has 5 nitrogen and oxygen atoms in total. The molecule has 1 rings (SSSR count). The Bertz CT molecular complexity index is 310. The van der Waals surface area contributed by atoms with E-state index in [-0.39, 0.29) is 18.2 Å². The van der Waals surface area contributed by atoms with E-state index >= 15 is 0 Å². The SMILES string of the molecule is CN1CCCC(C(=O)CNC(=O)OC(C)(C)C)C1. The number of carbonyl (C=O) groups is 2. The molecule has 104 valence electrons. The maximum Gasteiger partial charge on any atom is 0.408 e. The molecule has 1 N–H and O–H groups in total. The number of likely N-dealkylation sites (tertiary alicyclic amines) is 1. The lowest BCUT2D eigenvalue weighted by Gasteiger charge is -2.28. The van der Waals surface area contributed by atoms with E-state index in [9.17, 15) is 9.59 Å². The van der Waals surface area contributed by atoms with Gasteiger partial charge in [0.15, 0.2) is 5.78 Å². The van der Waals surface area contributed by atoms with Gasteiger partial charge in [0.2, 0.25) is 0 Å². The molecular weight excluding hydrogens is 232 g/mol. The topological polar surface area (TPSA) is 58.6 Å². The molecule has 1 heterocycles. The summed E-state index contributed by atoms with van der Waals surface area (Å²) in [6, 6.07) is 0. The Balaban J connectivity index is 2.30. The summed E-state index contributed by atoms with van der Waals surface area (Å²) in [5.41, 5.74) is -0.530. The molecule has 1 atom stereocenters. The van der Waals surface area contributed by atoms with E-state index < -0.39 is 11.7 Å². The number of ether oxygens (including phenoxy) is 1. The fourth-order valence-electron chi connectivity index (χ4n) is 2.05. The molecule has 0 radical (unpaired) electrons. The fourth-order valence-corrected chi connectivity index (χ4v) is 2.05. The summed E-state index contributed by atoms with van der Waals surface area (Å²) in [7, 11) is 2.01. The number of ketones is 1. The quantitative estimate of drug-likeness (QED) is 0.829. The van der Waals surface area contributed by atoms with Gasteiger partial charge in [-0.3, -0.25) is 4.79 Å². The van der Waals surface area contributed by atoms with E-state index in [1.54, 1.807) is 20.8 Å². The number of rotatable bonds is 3. The third-order valence-corrected chi connectivity index (χ3v) is 2.89. The number of nitrogens with zero attached hydrogens (tertiary/aromatic N) is 1. The van der Waals surface area contributed by atoms with Crippen LogP contribution in [0.25, 0.3) is 0 Å². The van der Waals surface area contributed by atoms with Crippen LogP contribution in [0.5, 0.6) is 0 Å². The second-order valence-corrected chi connectivity index (χ2v) is 5.92. The minimum atomic E-state index is -0.530. The van der Waals surface area contributed by atoms with Crippen molar-refractivity contribution < 1.29 is 14.3 Å². The highest BCUT2D eigenvalue weighted by atomic mass is 16.6. The van der Waals surface area contributed by atoms with Gasteiger partial charge in [-0.25, -0.2) is 4.79 Å². The van der Waals surface area contributed by atoms with Crippen molar-refractivity contribution in [3.05, 3.63) is 0 Å². The molecule has 0 bridgehead atoms. The van der Waals surface area contributed by atoms with E-state index in [1.165, 1.54) is 0 Å². The summed E-state index contributed by atoms with van der Waals surface area (Å²) < 4.78 is 5.08. The smallest absolute Gasteiger partial charge is 0.408 e. The summed E-state index contributed by atoms with van der Waals surface area (Å²) in [6.45, 7) is 7.28. The highest BCUT2D eigenvalue weighted by Gasteiger charge is 2.24. The molecule has 1 saturated heterocycles. The molecule has 0 saturated carbocycles. The number of alkyl carbamates (subject to hydrolysis) is 1. The average molecular weight is 256 g/mol. The van der Waals surface area contributed by atoms with Gasteiger partial charge in [0.25, 0.3) is 0 Å². The molecular formula is C13H24N2O3. The van der Waals surface area contributed by atoms with Gasteiger partial charge in [-0.1, -0.05) is 0 Å². The van der Waals surface area contributed by atoms with E-state index in [2.05, 4.69) is 10.2 Å². The number of Topliss-reactive ketones (excluding diaryl/α,β-unsaturated/α-hetero) is 1. The van der Waals surface area contributed by atoms with Crippen molar-refractivity contribution in [3.8, 4) is 0 Å². The first-order chi connectivity index (χ1) is 8.28. The van der Waals surface area contributed by atoms with Gasteiger partial charge >= 0.3 is 6.09 Å². The third-order valence-electron chi connectivity index (χ3n) is 2.89. The summed E-state index contributed by atoms with van der Waals surface area (Å²) in [6.07, 6.45) is 1.43. The van der Waals surface area contributed by atoms with Crippen molar-refractivity contribution in [2.24, 2.45) is 5.92 Å². The van der Waals surface area contributed by atoms with Crippen LogP contribution in [0.2, 0.25) is 0 Å². The second-order valence-electron chi connectivity index (χ2n) is 5.92. The number of hydrogen-bond donors (Lipinski definition) is 1. The van der Waals surface area contributed by atoms with Gasteiger partial charge in [0, 0.05) is 12.5 Å². The number of hydrogen-bond acceptors (Lipinski definition) is 4. The van der Waals surface area contributed by atoms with Gasteiger partial charge in [-0.2, -0.15) is 0 Å². The lowest BCUT2D eigenvalue weighted by molar-refractivity contribution is -0.123. The highest BCUT2D eigenvalue weighted by Crippen LogP contribution is 2.15. The first-order valence-electron chi connectivity index (χ1n) is 6.46. The van der Waals surface area contributed by atoms with Crippen LogP contribution in [-0.2, 0) is 9.53 Å². The van der Waals surface area contributed by atoms with Crippen LogP contribution < -0.4 is 5.32 Å². The average Bonchev–Trinajstić information content (AvgIpc) is 2.23. The number of amides is 1. The van der Waals surface area contributed by atoms with Crippen molar-refractivity contribution in [3.63, 3.8) is 0 Å². The molecule has 5 heteroatoms. The first kappa shape index (κ1) is 15.0. The van der Waals surface area contributed by atoms with Crippen molar-refractivity contribution in [2.45, 2.75) is 39.2 Å². The maximum atomic E-state index is 11.9. The van der Waals surface area contributed by atoms with Crippen LogP contribution in [-0.4, -0.2) is 49.1 Å². The molecule has 1 aliphatic heterocycles. The van der Waals surface area contributed by atoms with Gasteiger partial charge in [-0.05, 0) is 47.2 Å². The number of carbonyl (C=O) groups excluding carboxylic acids is 2. The highest BCUT2D eigenvalue weighted by molar-refractivity contribution is 5.86. The maximum absolute atomic E-state index is 11.9. The molecule has 1 aliphatic rings. The fraction of sp³-hybridized carbons (Fsp3) is 0.846. The molecule has 0 aromatic heterocycles. The van der Waals surface area contributed by atoms with Crippen LogP contribution in [0.1, 0.15) is 33.6 Å². The lowest BCUT2D eigenvalue weighted by atomic mass is 9.94. The predicted octanol–water partition coefficient (Wildman–Crippen LogP) is 1.42. The molecule has 18 heavy (non-hydrogen) atoms.